The lowest BCUT2D eigenvalue weighted by Crippen LogP contribution is -2.38. The predicted molar refractivity (Wildman–Crippen MR) is 111 cm³/mol. The third kappa shape index (κ3) is 3.70. The summed E-state index contributed by atoms with van der Waals surface area (Å²) in [6, 6.07) is 4.04. The number of nitrogens with zero attached hydrogens (tertiary/aromatic N) is 6. The summed E-state index contributed by atoms with van der Waals surface area (Å²) < 4.78 is 12.3. The molecule has 3 aliphatic rings. The van der Waals surface area contributed by atoms with Crippen LogP contribution in [0.15, 0.2) is 22.9 Å². The minimum absolute atomic E-state index is 0.0680. The van der Waals surface area contributed by atoms with Gasteiger partial charge in [-0.2, -0.15) is 0 Å². The molecular formula is C18H27N6O4P. The van der Waals surface area contributed by atoms with Crippen molar-refractivity contribution in [2.45, 2.75) is 38.5 Å². The van der Waals surface area contributed by atoms with Crippen LogP contribution in [0.25, 0.3) is 0 Å². The van der Waals surface area contributed by atoms with Gasteiger partial charge in [-0.3, -0.25) is 20.2 Å². The predicted octanol–water partition coefficient (Wildman–Crippen LogP) is 4.37. The lowest BCUT2D eigenvalue weighted by Gasteiger charge is -2.45. The van der Waals surface area contributed by atoms with E-state index in [4.69, 9.17) is 4.74 Å². The van der Waals surface area contributed by atoms with Crippen LogP contribution in [-0.2, 0) is 0 Å². The minimum atomic E-state index is -2.48. The Bertz CT molecular complexity index is 765. The van der Waals surface area contributed by atoms with Crippen molar-refractivity contribution in [2.24, 2.45) is 4.74 Å². The van der Waals surface area contributed by atoms with Gasteiger partial charge in [0, 0.05) is 51.4 Å². The average Bonchev–Trinajstić information content (AvgIpc) is 3.49. The number of nitro benzene ring substituents is 2. The second kappa shape index (κ2) is 8.47. The molecule has 3 aliphatic heterocycles. The van der Waals surface area contributed by atoms with E-state index in [0.29, 0.717) is 0 Å². The zero-order chi connectivity index (χ0) is 20.4. The van der Waals surface area contributed by atoms with Crippen LogP contribution in [-0.4, -0.2) is 63.1 Å². The Kier molecular flexibility index (Phi) is 5.96. The Morgan fingerprint density at radius 3 is 1.38 bits per heavy atom. The molecule has 0 aliphatic carbocycles. The second-order valence-corrected chi connectivity index (χ2v) is 10.7. The summed E-state index contributed by atoms with van der Waals surface area (Å²) in [4.78, 5) is 22.4. The molecule has 158 valence electrons. The smallest absolute Gasteiger partial charge is 0.258 e. The van der Waals surface area contributed by atoms with Gasteiger partial charge in [-0.1, -0.05) is 0 Å². The number of hydrogen-bond donors (Lipinski definition) is 0. The van der Waals surface area contributed by atoms with Crippen molar-refractivity contribution in [1.82, 2.24) is 14.0 Å². The summed E-state index contributed by atoms with van der Waals surface area (Å²) in [7, 11) is -2.48. The van der Waals surface area contributed by atoms with E-state index in [0.717, 1.165) is 77.8 Å². The van der Waals surface area contributed by atoms with Gasteiger partial charge in [-0.25, -0.2) is 18.8 Å². The van der Waals surface area contributed by atoms with Crippen LogP contribution in [0, 0.1) is 20.2 Å². The number of hydrogen-bond acceptors (Lipinski definition) is 5. The molecular weight excluding hydrogens is 395 g/mol. The van der Waals surface area contributed by atoms with E-state index in [1.807, 2.05) is 0 Å². The topological polar surface area (TPSA) is 108 Å². The molecule has 0 aromatic heterocycles. The average molecular weight is 422 g/mol. The first-order valence-electron chi connectivity index (χ1n) is 10.3. The molecule has 3 fully saturated rings. The van der Waals surface area contributed by atoms with Crippen molar-refractivity contribution < 1.29 is 9.85 Å². The molecule has 1 aromatic rings. The SMILES string of the molecule is O=[N+]([O-])c1cccc([N+](=O)[O-])c1N=P(N1CCCC1)(N1CCCC1)N1CCCC1. The summed E-state index contributed by atoms with van der Waals surface area (Å²) in [6.07, 6.45) is 6.40. The van der Waals surface area contributed by atoms with Crippen LogP contribution < -0.4 is 0 Å². The molecule has 3 heterocycles. The molecule has 4 rings (SSSR count). The van der Waals surface area contributed by atoms with Crippen molar-refractivity contribution in [2.75, 3.05) is 39.3 Å². The van der Waals surface area contributed by atoms with Crippen molar-refractivity contribution >= 4 is 24.6 Å². The second-order valence-electron chi connectivity index (χ2n) is 7.78. The maximum absolute atomic E-state index is 11.7. The summed E-state index contributed by atoms with van der Waals surface area (Å²) in [5.41, 5.74) is -0.621. The number of nitro groups is 2. The summed E-state index contributed by atoms with van der Waals surface area (Å²) >= 11 is 0. The van der Waals surface area contributed by atoms with Gasteiger partial charge in [0.05, 0.1) is 9.85 Å². The van der Waals surface area contributed by atoms with Gasteiger partial charge in [-0.15, -0.1) is 0 Å². The Balaban J connectivity index is 1.99. The lowest BCUT2D eigenvalue weighted by atomic mass is 10.2. The highest BCUT2D eigenvalue weighted by Gasteiger charge is 2.44. The van der Waals surface area contributed by atoms with E-state index in [1.165, 1.54) is 18.2 Å². The summed E-state index contributed by atoms with van der Waals surface area (Å²) in [5, 5.41) is 23.5. The normalized spacial score (nSPS) is 21.7. The molecule has 10 nitrogen and oxygen atoms in total. The van der Waals surface area contributed by atoms with Crippen molar-refractivity contribution in [3.05, 3.63) is 38.4 Å². The maximum Gasteiger partial charge on any atom is 0.301 e. The minimum Gasteiger partial charge on any atom is -0.258 e. The monoisotopic (exact) mass is 422 g/mol. The van der Waals surface area contributed by atoms with Gasteiger partial charge in [0.1, 0.15) is 0 Å². The first-order chi connectivity index (χ1) is 14.0. The first-order valence-corrected chi connectivity index (χ1v) is 11.9. The van der Waals surface area contributed by atoms with E-state index in [2.05, 4.69) is 14.0 Å². The standard InChI is InChI=1S/C18H27N6O4P/c25-23(26)16-8-7-9-17(24(27)28)18(16)19-29(20-10-1-2-11-20,21-12-3-4-13-21)22-14-5-6-15-22/h7-9H,1-6,10-15H2. The quantitative estimate of drug-likeness (QED) is 0.380. The van der Waals surface area contributed by atoms with Gasteiger partial charge < -0.3 is 0 Å². The van der Waals surface area contributed by atoms with Crippen LogP contribution in [0.4, 0.5) is 17.1 Å². The van der Waals surface area contributed by atoms with Crippen LogP contribution in [0.1, 0.15) is 38.5 Å². The van der Waals surface area contributed by atoms with Gasteiger partial charge in [0.2, 0.25) is 5.69 Å². The molecule has 0 bridgehead atoms. The van der Waals surface area contributed by atoms with E-state index in [-0.39, 0.29) is 17.1 Å². The molecule has 1 aromatic carbocycles. The lowest BCUT2D eigenvalue weighted by molar-refractivity contribution is -0.392. The largest absolute Gasteiger partial charge is 0.301 e. The highest BCUT2D eigenvalue weighted by Crippen LogP contribution is 2.65. The molecule has 3 saturated heterocycles. The number of rotatable bonds is 6. The van der Waals surface area contributed by atoms with Gasteiger partial charge >= 0.3 is 11.4 Å². The molecule has 0 atom stereocenters. The summed E-state index contributed by atoms with van der Waals surface area (Å²) in [6.45, 7) is 5.33. The molecule has 0 amide bonds. The van der Waals surface area contributed by atoms with E-state index >= 15 is 0 Å². The van der Waals surface area contributed by atoms with Gasteiger partial charge in [-0.05, 0) is 44.6 Å². The fourth-order valence-electron chi connectivity index (χ4n) is 4.68. The van der Waals surface area contributed by atoms with Crippen molar-refractivity contribution in [1.29, 1.82) is 0 Å². The molecule has 0 N–H and O–H groups in total. The molecule has 0 saturated carbocycles. The first kappa shape index (κ1) is 20.4. The molecule has 0 radical (unpaired) electrons. The van der Waals surface area contributed by atoms with Gasteiger partial charge in [0.15, 0.2) is 7.51 Å². The molecule has 29 heavy (non-hydrogen) atoms. The van der Waals surface area contributed by atoms with Crippen LogP contribution in [0.3, 0.4) is 0 Å². The maximum atomic E-state index is 11.7. The Labute approximate surface area is 170 Å². The molecule has 0 unspecified atom stereocenters. The third-order valence-corrected chi connectivity index (χ3v) is 9.95. The van der Waals surface area contributed by atoms with E-state index in [9.17, 15) is 20.2 Å². The Morgan fingerprint density at radius 1 is 0.724 bits per heavy atom. The Hall–Kier alpha value is -1.87. The van der Waals surface area contributed by atoms with Crippen molar-refractivity contribution in [3.8, 4) is 0 Å². The zero-order valence-corrected chi connectivity index (χ0v) is 17.4. The molecule has 11 heteroatoms. The fraction of sp³-hybridized carbons (Fsp3) is 0.667. The highest BCUT2D eigenvalue weighted by molar-refractivity contribution is 7.59. The van der Waals surface area contributed by atoms with Crippen LogP contribution in [0.5, 0.6) is 0 Å². The Morgan fingerprint density at radius 2 is 1.07 bits per heavy atom. The molecule has 0 spiro atoms. The van der Waals surface area contributed by atoms with E-state index < -0.39 is 17.4 Å². The van der Waals surface area contributed by atoms with Crippen LogP contribution in [0.2, 0.25) is 0 Å². The van der Waals surface area contributed by atoms with Crippen LogP contribution >= 0.6 is 7.51 Å². The van der Waals surface area contributed by atoms with E-state index in [1.54, 1.807) is 0 Å². The third-order valence-electron chi connectivity index (χ3n) is 6.01. The highest BCUT2D eigenvalue weighted by atomic mass is 31.2. The summed E-state index contributed by atoms with van der Waals surface area (Å²) in [5.74, 6) is 0. The van der Waals surface area contributed by atoms with Gasteiger partial charge in [0.25, 0.3) is 0 Å². The van der Waals surface area contributed by atoms with Crippen molar-refractivity contribution in [3.63, 3.8) is 0 Å². The zero-order valence-electron chi connectivity index (χ0n) is 16.5. The fourth-order valence-corrected chi connectivity index (χ4v) is 9.07. The number of benzene rings is 1.